The van der Waals surface area contributed by atoms with Crippen molar-refractivity contribution in [1.82, 2.24) is 4.98 Å². The number of thiazole rings is 1. The van der Waals surface area contributed by atoms with Gasteiger partial charge in [-0.2, -0.15) is 0 Å². The maximum Gasteiger partial charge on any atom is 0.230 e. The van der Waals surface area contributed by atoms with Gasteiger partial charge in [-0.1, -0.05) is 11.6 Å². The number of furan rings is 1. The quantitative estimate of drug-likeness (QED) is 0.769. The van der Waals surface area contributed by atoms with Crippen molar-refractivity contribution in [1.29, 1.82) is 0 Å². The minimum absolute atomic E-state index is 0.0448. The molecule has 1 amide bonds. The number of aromatic nitrogens is 1. The van der Waals surface area contributed by atoms with Crippen LogP contribution in [-0.2, 0) is 11.2 Å². The monoisotopic (exact) mass is 336 g/mol. The number of hydrogen-bond donors (Lipinski definition) is 1. The normalized spacial score (nSPS) is 10.6. The molecule has 0 radical (unpaired) electrons. The molecule has 22 heavy (non-hydrogen) atoms. The van der Waals surface area contributed by atoms with Crippen LogP contribution < -0.4 is 5.32 Å². The van der Waals surface area contributed by atoms with Gasteiger partial charge in [0.15, 0.2) is 10.8 Å². The Bertz CT molecular complexity index is 802. The fourth-order valence-electron chi connectivity index (χ4n) is 1.85. The molecule has 0 aliphatic carbocycles. The van der Waals surface area contributed by atoms with Crippen LogP contribution in [0.4, 0.5) is 10.1 Å². The minimum Gasteiger partial charge on any atom is -0.462 e. The molecular formula is C15H10ClFN2O2S. The minimum atomic E-state index is -0.535. The zero-order chi connectivity index (χ0) is 15.5. The van der Waals surface area contributed by atoms with Gasteiger partial charge in [0.1, 0.15) is 5.82 Å². The molecule has 0 bridgehead atoms. The van der Waals surface area contributed by atoms with Crippen molar-refractivity contribution < 1.29 is 13.6 Å². The molecule has 1 aromatic carbocycles. The van der Waals surface area contributed by atoms with Crippen LogP contribution in [0, 0.1) is 5.82 Å². The van der Waals surface area contributed by atoms with E-state index in [0.29, 0.717) is 21.5 Å². The van der Waals surface area contributed by atoms with Gasteiger partial charge in [-0.15, -0.1) is 11.3 Å². The number of carbonyl (C=O) groups excluding carboxylic acids is 1. The molecule has 2 heterocycles. The second kappa shape index (κ2) is 6.29. The number of carbonyl (C=O) groups is 1. The highest BCUT2D eigenvalue weighted by atomic mass is 35.5. The Hall–Kier alpha value is -2.18. The summed E-state index contributed by atoms with van der Waals surface area (Å²) < 4.78 is 18.8. The van der Waals surface area contributed by atoms with Crippen molar-refractivity contribution in [2.75, 3.05) is 5.32 Å². The predicted molar refractivity (Wildman–Crippen MR) is 83.6 cm³/mol. The smallest absolute Gasteiger partial charge is 0.230 e. The number of hydrogen-bond acceptors (Lipinski definition) is 4. The van der Waals surface area contributed by atoms with Crippen molar-refractivity contribution >= 4 is 34.5 Å². The lowest BCUT2D eigenvalue weighted by Gasteiger charge is -2.05. The van der Waals surface area contributed by atoms with Crippen LogP contribution in [0.1, 0.15) is 5.69 Å². The van der Waals surface area contributed by atoms with Gasteiger partial charge in [0, 0.05) is 10.4 Å². The molecule has 7 heteroatoms. The van der Waals surface area contributed by atoms with Gasteiger partial charge in [-0.05, 0) is 30.3 Å². The second-order valence-corrected chi connectivity index (χ2v) is 5.76. The van der Waals surface area contributed by atoms with Crippen molar-refractivity contribution in [2.45, 2.75) is 6.42 Å². The number of rotatable bonds is 4. The number of nitrogens with zero attached hydrogens (tertiary/aromatic N) is 1. The Balaban J connectivity index is 1.68. The second-order valence-electron chi connectivity index (χ2n) is 4.47. The molecule has 112 valence electrons. The van der Waals surface area contributed by atoms with E-state index in [1.807, 2.05) is 0 Å². The first kappa shape index (κ1) is 14.7. The number of nitrogens with one attached hydrogen (secondary N) is 1. The average Bonchev–Trinajstić information content (AvgIpc) is 3.13. The number of anilines is 1. The Labute approximate surface area is 134 Å². The number of halogens is 2. The molecule has 4 nitrogen and oxygen atoms in total. The lowest BCUT2D eigenvalue weighted by atomic mass is 10.2. The fraction of sp³-hybridized carbons (Fsp3) is 0.0667. The first-order valence-electron chi connectivity index (χ1n) is 6.35. The Morgan fingerprint density at radius 3 is 3.05 bits per heavy atom. The summed E-state index contributed by atoms with van der Waals surface area (Å²) in [5.74, 6) is -0.248. The third kappa shape index (κ3) is 3.35. The Morgan fingerprint density at radius 2 is 2.27 bits per heavy atom. The van der Waals surface area contributed by atoms with Crippen molar-refractivity contribution in [3.63, 3.8) is 0 Å². The van der Waals surface area contributed by atoms with Gasteiger partial charge >= 0.3 is 0 Å². The largest absolute Gasteiger partial charge is 0.462 e. The van der Waals surface area contributed by atoms with E-state index in [1.165, 1.54) is 29.5 Å². The van der Waals surface area contributed by atoms with Crippen molar-refractivity contribution in [2.24, 2.45) is 0 Å². The van der Waals surface area contributed by atoms with Crippen molar-refractivity contribution in [3.8, 4) is 10.8 Å². The van der Waals surface area contributed by atoms with Gasteiger partial charge in [0.05, 0.1) is 24.1 Å². The van der Waals surface area contributed by atoms with Crippen LogP contribution in [0.5, 0.6) is 0 Å². The van der Waals surface area contributed by atoms with Crippen LogP contribution in [0.3, 0.4) is 0 Å². The zero-order valence-electron chi connectivity index (χ0n) is 11.2. The van der Waals surface area contributed by atoms with E-state index in [1.54, 1.807) is 23.8 Å². The average molecular weight is 337 g/mol. The Kier molecular flexibility index (Phi) is 4.22. The lowest BCUT2D eigenvalue weighted by Crippen LogP contribution is -2.15. The lowest BCUT2D eigenvalue weighted by molar-refractivity contribution is -0.115. The molecule has 2 aromatic heterocycles. The molecule has 3 rings (SSSR count). The molecule has 0 saturated heterocycles. The summed E-state index contributed by atoms with van der Waals surface area (Å²) >= 11 is 7.16. The molecule has 1 N–H and O–H groups in total. The Morgan fingerprint density at radius 1 is 1.41 bits per heavy atom. The summed E-state index contributed by atoms with van der Waals surface area (Å²) in [4.78, 5) is 16.3. The molecule has 0 aliphatic rings. The summed E-state index contributed by atoms with van der Waals surface area (Å²) in [6, 6.07) is 7.55. The summed E-state index contributed by atoms with van der Waals surface area (Å²) in [6.07, 6.45) is 1.61. The third-order valence-corrected chi connectivity index (χ3v) is 3.97. The topological polar surface area (TPSA) is 55.1 Å². The summed E-state index contributed by atoms with van der Waals surface area (Å²) in [5.41, 5.74) is 0.648. The highest BCUT2D eigenvalue weighted by molar-refractivity contribution is 7.13. The van der Waals surface area contributed by atoms with Gasteiger partial charge in [0.2, 0.25) is 5.91 Å². The standard InChI is InChI=1S/C15H10ClFN2O2S/c16-9-3-4-11(17)12(6-9)19-14(20)7-10-8-22-15(18-10)13-2-1-5-21-13/h1-6,8H,7H2,(H,19,20). The van der Waals surface area contributed by atoms with Crippen molar-refractivity contribution in [3.05, 3.63) is 58.5 Å². The van der Waals surface area contributed by atoms with E-state index >= 15 is 0 Å². The van der Waals surface area contributed by atoms with E-state index in [-0.39, 0.29) is 18.0 Å². The van der Waals surface area contributed by atoms with E-state index in [4.69, 9.17) is 16.0 Å². The van der Waals surface area contributed by atoms with Gasteiger partial charge < -0.3 is 9.73 Å². The van der Waals surface area contributed by atoms with Gasteiger partial charge in [-0.3, -0.25) is 4.79 Å². The fourth-order valence-corrected chi connectivity index (χ4v) is 2.81. The highest BCUT2D eigenvalue weighted by Gasteiger charge is 2.12. The van der Waals surface area contributed by atoms with Crippen LogP contribution in [-0.4, -0.2) is 10.9 Å². The maximum absolute atomic E-state index is 13.6. The number of benzene rings is 1. The molecule has 0 atom stereocenters. The number of amides is 1. The summed E-state index contributed by atoms with van der Waals surface area (Å²) in [6.45, 7) is 0. The SMILES string of the molecule is O=C(Cc1csc(-c2ccco2)n1)Nc1cc(Cl)ccc1F. The third-order valence-electron chi connectivity index (χ3n) is 2.83. The zero-order valence-corrected chi connectivity index (χ0v) is 12.7. The van der Waals surface area contributed by atoms with Gasteiger partial charge in [-0.25, -0.2) is 9.37 Å². The van der Waals surface area contributed by atoms with Crippen LogP contribution in [0.2, 0.25) is 5.02 Å². The molecule has 0 saturated carbocycles. The molecule has 0 spiro atoms. The van der Waals surface area contributed by atoms with Crippen LogP contribution in [0.15, 0.2) is 46.4 Å². The summed E-state index contributed by atoms with van der Waals surface area (Å²) in [5, 5.41) is 5.30. The van der Waals surface area contributed by atoms with E-state index in [2.05, 4.69) is 10.3 Å². The maximum atomic E-state index is 13.6. The first-order chi connectivity index (χ1) is 10.6. The molecular weight excluding hydrogens is 327 g/mol. The van der Waals surface area contributed by atoms with E-state index < -0.39 is 5.82 Å². The van der Waals surface area contributed by atoms with E-state index in [0.717, 1.165) is 0 Å². The molecule has 0 fully saturated rings. The van der Waals surface area contributed by atoms with Crippen LogP contribution >= 0.6 is 22.9 Å². The van der Waals surface area contributed by atoms with Gasteiger partial charge in [0.25, 0.3) is 0 Å². The molecule has 0 aliphatic heterocycles. The summed E-state index contributed by atoms with van der Waals surface area (Å²) in [7, 11) is 0. The highest BCUT2D eigenvalue weighted by Crippen LogP contribution is 2.24. The van der Waals surface area contributed by atoms with E-state index in [9.17, 15) is 9.18 Å². The predicted octanol–water partition coefficient (Wildman–Crippen LogP) is 4.38. The molecule has 3 aromatic rings. The van der Waals surface area contributed by atoms with Crippen LogP contribution in [0.25, 0.3) is 10.8 Å². The first-order valence-corrected chi connectivity index (χ1v) is 7.61. The molecule has 0 unspecified atom stereocenters.